The lowest BCUT2D eigenvalue weighted by Crippen LogP contribution is -2.29. The molecule has 130 valence electrons. The van der Waals surface area contributed by atoms with E-state index in [0.29, 0.717) is 11.4 Å². The number of nitrogens with one attached hydrogen (secondary N) is 1. The molecule has 1 aromatic carbocycles. The van der Waals surface area contributed by atoms with E-state index in [1.54, 1.807) is 6.07 Å². The van der Waals surface area contributed by atoms with Crippen LogP contribution in [0, 0.1) is 0 Å². The number of para-hydroxylation sites is 1. The molecule has 3 heterocycles. The lowest BCUT2D eigenvalue weighted by atomic mass is 9.92. The average molecular weight is 364 g/mol. The molecule has 0 fully saturated rings. The first-order chi connectivity index (χ1) is 12.4. The Morgan fingerprint density at radius 2 is 1.96 bits per heavy atom. The minimum Gasteiger partial charge on any atom is -0.478 e. The number of benzene rings is 1. The van der Waals surface area contributed by atoms with Gasteiger partial charge in [0, 0.05) is 22.8 Å². The van der Waals surface area contributed by atoms with Gasteiger partial charge < -0.3 is 10.4 Å². The standard InChI is InChI=1S/C19H16N4O2S/c1-19(2)12-5-3-4-6-13(12)21-16(23-19)17-22-15(10-26-17)14-8-7-11(9-20-14)18(24)25/h3-10H,1-2H3,(H,21,23)(H,24,25). The molecular weight excluding hydrogens is 348 g/mol. The summed E-state index contributed by atoms with van der Waals surface area (Å²) >= 11 is 1.48. The van der Waals surface area contributed by atoms with E-state index in [1.807, 2.05) is 23.6 Å². The van der Waals surface area contributed by atoms with E-state index in [9.17, 15) is 4.79 Å². The molecule has 0 unspecified atom stereocenters. The van der Waals surface area contributed by atoms with Gasteiger partial charge in [-0.25, -0.2) is 9.78 Å². The van der Waals surface area contributed by atoms with Crippen molar-refractivity contribution in [1.29, 1.82) is 0 Å². The first-order valence-electron chi connectivity index (χ1n) is 8.06. The van der Waals surface area contributed by atoms with E-state index in [2.05, 4.69) is 35.2 Å². The third-order valence-electron chi connectivity index (χ3n) is 4.21. The summed E-state index contributed by atoms with van der Waals surface area (Å²) in [5.41, 5.74) is 3.32. The zero-order chi connectivity index (χ0) is 18.3. The molecule has 6 nitrogen and oxygen atoms in total. The van der Waals surface area contributed by atoms with Crippen LogP contribution in [0.3, 0.4) is 0 Å². The Balaban J connectivity index is 1.66. The van der Waals surface area contributed by atoms with Crippen molar-refractivity contribution in [3.63, 3.8) is 0 Å². The number of nitrogens with zero attached hydrogens (tertiary/aromatic N) is 3. The quantitative estimate of drug-likeness (QED) is 0.733. The van der Waals surface area contributed by atoms with Crippen LogP contribution in [0.2, 0.25) is 0 Å². The van der Waals surface area contributed by atoms with Crippen molar-refractivity contribution in [2.75, 3.05) is 5.32 Å². The third kappa shape index (κ3) is 2.86. The predicted molar refractivity (Wildman–Crippen MR) is 102 cm³/mol. The molecule has 0 saturated carbocycles. The van der Waals surface area contributed by atoms with Gasteiger partial charge in [0.15, 0.2) is 10.8 Å². The van der Waals surface area contributed by atoms with Crippen LogP contribution in [0.5, 0.6) is 0 Å². The van der Waals surface area contributed by atoms with Crippen LogP contribution in [0.4, 0.5) is 5.69 Å². The molecule has 2 aromatic heterocycles. The number of hydrogen-bond acceptors (Lipinski definition) is 6. The molecule has 0 atom stereocenters. The second-order valence-corrected chi connectivity index (χ2v) is 7.32. The maximum atomic E-state index is 10.9. The maximum absolute atomic E-state index is 10.9. The Kier molecular flexibility index (Phi) is 3.81. The van der Waals surface area contributed by atoms with Gasteiger partial charge >= 0.3 is 5.97 Å². The first-order valence-corrected chi connectivity index (χ1v) is 8.94. The summed E-state index contributed by atoms with van der Waals surface area (Å²) in [5.74, 6) is -0.267. The van der Waals surface area contributed by atoms with Gasteiger partial charge in [0.2, 0.25) is 0 Å². The van der Waals surface area contributed by atoms with Crippen LogP contribution >= 0.6 is 11.3 Å². The Labute approximate surface area is 154 Å². The normalized spacial score (nSPS) is 14.9. The number of carboxylic acid groups (broad SMARTS) is 1. The molecule has 0 radical (unpaired) electrons. The van der Waals surface area contributed by atoms with Gasteiger partial charge in [0.25, 0.3) is 0 Å². The van der Waals surface area contributed by atoms with Crippen LogP contribution in [0.25, 0.3) is 11.4 Å². The molecule has 0 spiro atoms. The molecule has 7 heteroatoms. The lowest BCUT2D eigenvalue weighted by Gasteiger charge is -2.30. The SMILES string of the molecule is CC1(C)N=C(c2nc(-c3ccc(C(=O)O)cn3)cs2)Nc2ccccc21. The maximum Gasteiger partial charge on any atom is 0.337 e. The third-order valence-corrected chi connectivity index (χ3v) is 5.06. The van der Waals surface area contributed by atoms with Gasteiger partial charge in [0.05, 0.1) is 16.8 Å². The number of anilines is 1. The number of hydrogen-bond donors (Lipinski definition) is 2. The lowest BCUT2D eigenvalue weighted by molar-refractivity contribution is 0.0696. The summed E-state index contributed by atoms with van der Waals surface area (Å²) in [6.45, 7) is 4.15. The van der Waals surface area contributed by atoms with Crippen molar-refractivity contribution in [2.45, 2.75) is 19.4 Å². The van der Waals surface area contributed by atoms with E-state index >= 15 is 0 Å². The number of carbonyl (C=O) groups is 1. The summed E-state index contributed by atoms with van der Waals surface area (Å²) in [4.78, 5) is 24.6. The van der Waals surface area contributed by atoms with Gasteiger partial charge in [0.1, 0.15) is 5.69 Å². The number of fused-ring (bicyclic) bond motifs is 1. The zero-order valence-electron chi connectivity index (χ0n) is 14.2. The fourth-order valence-corrected chi connectivity index (χ4v) is 3.65. The molecular formula is C19H16N4O2S. The van der Waals surface area contributed by atoms with E-state index < -0.39 is 5.97 Å². The van der Waals surface area contributed by atoms with E-state index in [-0.39, 0.29) is 11.1 Å². The molecule has 0 bridgehead atoms. The van der Waals surface area contributed by atoms with Crippen LogP contribution in [-0.4, -0.2) is 26.9 Å². The predicted octanol–water partition coefficient (Wildman–Crippen LogP) is 4.01. The molecule has 0 amide bonds. The highest BCUT2D eigenvalue weighted by Gasteiger charge is 2.29. The van der Waals surface area contributed by atoms with Crippen molar-refractivity contribution < 1.29 is 9.90 Å². The molecule has 0 aliphatic carbocycles. The van der Waals surface area contributed by atoms with Crippen molar-refractivity contribution in [3.8, 4) is 11.4 Å². The number of amidine groups is 1. The second kappa shape index (κ2) is 6.03. The highest BCUT2D eigenvalue weighted by Crippen LogP contribution is 2.36. The fraction of sp³-hybridized carbons (Fsp3) is 0.158. The van der Waals surface area contributed by atoms with Crippen molar-refractivity contribution in [3.05, 3.63) is 64.1 Å². The van der Waals surface area contributed by atoms with Crippen LogP contribution in [0.15, 0.2) is 53.0 Å². The molecule has 0 saturated heterocycles. The van der Waals surface area contributed by atoms with E-state index in [1.165, 1.54) is 23.6 Å². The Morgan fingerprint density at radius 1 is 1.15 bits per heavy atom. The summed E-state index contributed by atoms with van der Waals surface area (Å²) in [5, 5.41) is 15.0. The van der Waals surface area contributed by atoms with Gasteiger partial charge in [-0.2, -0.15) is 0 Å². The number of rotatable bonds is 3. The number of thiazole rings is 1. The highest BCUT2D eigenvalue weighted by atomic mass is 32.1. The zero-order valence-corrected chi connectivity index (χ0v) is 15.0. The largest absolute Gasteiger partial charge is 0.478 e. The molecule has 26 heavy (non-hydrogen) atoms. The number of aromatic nitrogens is 2. The van der Waals surface area contributed by atoms with Crippen molar-refractivity contribution in [1.82, 2.24) is 9.97 Å². The van der Waals surface area contributed by atoms with E-state index in [4.69, 9.17) is 10.1 Å². The minimum atomic E-state index is -0.996. The van der Waals surface area contributed by atoms with Gasteiger partial charge in [-0.1, -0.05) is 18.2 Å². The number of aliphatic imine (C=N–C) groups is 1. The minimum absolute atomic E-state index is 0.154. The summed E-state index contributed by atoms with van der Waals surface area (Å²) in [7, 11) is 0. The monoisotopic (exact) mass is 364 g/mol. The summed E-state index contributed by atoms with van der Waals surface area (Å²) in [6.07, 6.45) is 1.34. The molecule has 4 rings (SSSR count). The molecule has 1 aliphatic heterocycles. The Hall–Kier alpha value is -3.06. The van der Waals surface area contributed by atoms with Crippen molar-refractivity contribution >= 4 is 28.8 Å². The number of pyridine rings is 1. The van der Waals surface area contributed by atoms with Crippen LogP contribution in [0.1, 0.15) is 34.8 Å². The van der Waals surface area contributed by atoms with Gasteiger partial charge in [-0.05, 0) is 32.0 Å². The van der Waals surface area contributed by atoms with Crippen LogP contribution < -0.4 is 5.32 Å². The smallest absolute Gasteiger partial charge is 0.337 e. The Bertz CT molecular complexity index is 1020. The fourth-order valence-electron chi connectivity index (χ4n) is 2.89. The summed E-state index contributed by atoms with van der Waals surface area (Å²) in [6, 6.07) is 11.3. The van der Waals surface area contributed by atoms with Crippen LogP contribution in [-0.2, 0) is 5.54 Å². The number of carboxylic acids is 1. The first kappa shape index (κ1) is 16.4. The highest BCUT2D eigenvalue weighted by molar-refractivity contribution is 7.12. The Morgan fingerprint density at radius 3 is 2.69 bits per heavy atom. The number of aromatic carboxylic acids is 1. The van der Waals surface area contributed by atoms with Crippen molar-refractivity contribution in [2.24, 2.45) is 4.99 Å². The summed E-state index contributed by atoms with van der Waals surface area (Å²) < 4.78 is 0. The van der Waals surface area contributed by atoms with Gasteiger partial charge in [-0.3, -0.25) is 9.98 Å². The average Bonchev–Trinajstić information content (AvgIpc) is 3.11. The molecule has 1 aliphatic rings. The topological polar surface area (TPSA) is 87.5 Å². The van der Waals surface area contributed by atoms with E-state index in [0.717, 1.165) is 22.1 Å². The molecule has 2 N–H and O–H groups in total. The second-order valence-electron chi connectivity index (χ2n) is 6.47. The van der Waals surface area contributed by atoms with Gasteiger partial charge in [-0.15, -0.1) is 11.3 Å². The molecule has 3 aromatic rings.